The van der Waals surface area contributed by atoms with Crippen LogP contribution >= 0.6 is 0 Å². The third kappa shape index (κ3) is 3.13. The fraction of sp³-hybridized carbons (Fsp3) is 0.526. The molecule has 124 valence electrons. The zero-order chi connectivity index (χ0) is 16.6. The number of rotatable bonds is 3. The molecular weight excluding hydrogens is 286 g/mol. The van der Waals surface area contributed by atoms with Gasteiger partial charge in [0.15, 0.2) is 0 Å². The van der Waals surface area contributed by atoms with Crippen LogP contribution in [0.4, 0.5) is 0 Å². The summed E-state index contributed by atoms with van der Waals surface area (Å²) in [6.07, 6.45) is 1.29. The average Bonchev–Trinajstić information content (AvgIpc) is 2.71. The lowest BCUT2D eigenvalue weighted by atomic mass is 9.91. The van der Waals surface area contributed by atoms with Gasteiger partial charge in [0, 0.05) is 32.4 Å². The first-order chi connectivity index (χ1) is 11.0. The number of hydrogen-bond donors (Lipinski definition) is 0. The van der Waals surface area contributed by atoms with Gasteiger partial charge in [0.25, 0.3) is 5.56 Å². The van der Waals surface area contributed by atoms with Crippen LogP contribution in [-0.4, -0.2) is 27.4 Å². The molecule has 1 aromatic heterocycles. The van der Waals surface area contributed by atoms with Gasteiger partial charge in [-0.1, -0.05) is 32.0 Å². The van der Waals surface area contributed by atoms with Crippen LogP contribution in [0.25, 0.3) is 5.69 Å². The standard InChI is InChI=1S/C19H27N3O/c1-14-10-15(2)12-21(11-14)13-18-16(3)20(4)22(19(18)23)17-8-6-5-7-9-17/h5-9,14-15H,10-13H2,1-4H3/t14-,15-/m0/s1. The van der Waals surface area contributed by atoms with Crippen LogP contribution in [0.2, 0.25) is 0 Å². The van der Waals surface area contributed by atoms with Gasteiger partial charge in [-0.2, -0.15) is 0 Å². The molecule has 3 rings (SSSR count). The first kappa shape index (κ1) is 16.1. The summed E-state index contributed by atoms with van der Waals surface area (Å²) in [6, 6.07) is 9.88. The van der Waals surface area contributed by atoms with Gasteiger partial charge >= 0.3 is 0 Å². The van der Waals surface area contributed by atoms with Gasteiger partial charge in [-0.05, 0) is 37.3 Å². The minimum Gasteiger partial charge on any atom is -0.298 e. The number of aromatic nitrogens is 2. The molecular formula is C19H27N3O. The van der Waals surface area contributed by atoms with E-state index in [9.17, 15) is 4.79 Å². The van der Waals surface area contributed by atoms with Crippen molar-refractivity contribution in [3.63, 3.8) is 0 Å². The molecule has 4 heteroatoms. The Kier molecular flexibility index (Phi) is 4.44. The fourth-order valence-corrected chi connectivity index (χ4v) is 3.95. The zero-order valence-corrected chi connectivity index (χ0v) is 14.6. The average molecular weight is 313 g/mol. The van der Waals surface area contributed by atoms with Gasteiger partial charge in [-0.3, -0.25) is 14.4 Å². The van der Waals surface area contributed by atoms with E-state index in [1.54, 1.807) is 4.68 Å². The Morgan fingerprint density at radius 1 is 1.09 bits per heavy atom. The molecule has 1 fully saturated rings. The molecule has 0 unspecified atom stereocenters. The second kappa shape index (κ2) is 6.36. The number of nitrogens with zero attached hydrogens (tertiary/aromatic N) is 3. The van der Waals surface area contributed by atoms with Crippen LogP contribution in [0.5, 0.6) is 0 Å². The highest BCUT2D eigenvalue weighted by atomic mass is 16.1. The summed E-state index contributed by atoms with van der Waals surface area (Å²) < 4.78 is 3.76. The molecule has 2 heterocycles. The molecule has 0 aliphatic carbocycles. The van der Waals surface area contributed by atoms with Gasteiger partial charge in [0.05, 0.1) is 11.3 Å². The van der Waals surface area contributed by atoms with Crippen LogP contribution in [0.15, 0.2) is 35.1 Å². The largest absolute Gasteiger partial charge is 0.298 e. The number of piperidine rings is 1. The Bertz CT molecular complexity index is 719. The number of para-hydroxylation sites is 1. The predicted octanol–water partition coefficient (Wildman–Crippen LogP) is 2.96. The summed E-state index contributed by atoms with van der Waals surface area (Å²) >= 11 is 0. The molecule has 1 aromatic carbocycles. The van der Waals surface area contributed by atoms with Gasteiger partial charge in [0.1, 0.15) is 0 Å². The topological polar surface area (TPSA) is 30.2 Å². The SMILES string of the molecule is Cc1c(CN2C[C@@H](C)C[C@H](C)C2)c(=O)n(-c2ccccc2)n1C. The van der Waals surface area contributed by atoms with Gasteiger partial charge in [-0.15, -0.1) is 0 Å². The third-order valence-corrected chi connectivity index (χ3v) is 5.00. The molecule has 1 aliphatic rings. The zero-order valence-electron chi connectivity index (χ0n) is 14.6. The molecule has 4 nitrogen and oxygen atoms in total. The van der Waals surface area contributed by atoms with E-state index in [-0.39, 0.29) is 5.56 Å². The summed E-state index contributed by atoms with van der Waals surface area (Å²) in [5.41, 5.74) is 3.03. The van der Waals surface area contributed by atoms with E-state index in [0.717, 1.165) is 36.6 Å². The highest BCUT2D eigenvalue weighted by Gasteiger charge is 2.24. The number of hydrogen-bond acceptors (Lipinski definition) is 2. The lowest BCUT2D eigenvalue weighted by molar-refractivity contribution is 0.134. The molecule has 0 amide bonds. The minimum absolute atomic E-state index is 0.113. The van der Waals surface area contributed by atoms with Crippen LogP contribution in [0.1, 0.15) is 31.5 Å². The maximum atomic E-state index is 13.0. The third-order valence-electron chi connectivity index (χ3n) is 5.00. The smallest absolute Gasteiger partial charge is 0.276 e. The van der Waals surface area contributed by atoms with Crippen LogP contribution in [0, 0.1) is 18.8 Å². The fourth-order valence-electron chi connectivity index (χ4n) is 3.95. The second-order valence-corrected chi connectivity index (χ2v) is 7.18. The van der Waals surface area contributed by atoms with Crippen LogP contribution in [-0.2, 0) is 13.6 Å². The van der Waals surface area contributed by atoms with Gasteiger partial charge < -0.3 is 0 Å². The molecule has 2 aromatic rings. The Morgan fingerprint density at radius 2 is 1.70 bits per heavy atom. The highest BCUT2D eigenvalue weighted by Crippen LogP contribution is 2.22. The normalized spacial score (nSPS) is 22.4. The molecule has 2 atom stereocenters. The van der Waals surface area contributed by atoms with E-state index < -0.39 is 0 Å². The Labute approximate surface area is 138 Å². The van der Waals surface area contributed by atoms with Crippen molar-refractivity contribution in [3.05, 3.63) is 51.9 Å². The molecule has 1 aliphatic heterocycles. The number of benzene rings is 1. The number of likely N-dealkylation sites (tertiary alicyclic amines) is 1. The van der Waals surface area contributed by atoms with Gasteiger partial charge in [0.2, 0.25) is 0 Å². The van der Waals surface area contributed by atoms with Crippen molar-refractivity contribution in [1.82, 2.24) is 14.3 Å². The quantitative estimate of drug-likeness (QED) is 0.872. The van der Waals surface area contributed by atoms with Crippen molar-refractivity contribution in [2.45, 2.75) is 33.7 Å². The molecule has 0 bridgehead atoms. The van der Waals surface area contributed by atoms with E-state index in [1.165, 1.54) is 6.42 Å². The van der Waals surface area contributed by atoms with Gasteiger partial charge in [-0.25, -0.2) is 4.68 Å². The molecule has 0 radical (unpaired) electrons. The first-order valence-corrected chi connectivity index (χ1v) is 8.52. The van der Waals surface area contributed by atoms with E-state index in [1.807, 2.05) is 49.0 Å². The molecule has 1 saturated heterocycles. The van der Waals surface area contributed by atoms with Crippen LogP contribution in [0.3, 0.4) is 0 Å². The molecule has 0 spiro atoms. The maximum absolute atomic E-state index is 13.0. The van der Waals surface area contributed by atoms with Crippen LogP contribution < -0.4 is 5.56 Å². The van der Waals surface area contributed by atoms with Crippen molar-refractivity contribution in [2.24, 2.45) is 18.9 Å². The first-order valence-electron chi connectivity index (χ1n) is 8.52. The minimum atomic E-state index is 0.113. The van der Waals surface area contributed by atoms with Crippen molar-refractivity contribution in [1.29, 1.82) is 0 Å². The Hall–Kier alpha value is -1.81. The van der Waals surface area contributed by atoms with E-state index >= 15 is 0 Å². The summed E-state index contributed by atoms with van der Waals surface area (Å²) in [4.78, 5) is 15.4. The summed E-state index contributed by atoms with van der Waals surface area (Å²) in [5.74, 6) is 1.42. The second-order valence-electron chi connectivity index (χ2n) is 7.18. The van der Waals surface area contributed by atoms with E-state index in [4.69, 9.17) is 0 Å². The highest BCUT2D eigenvalue weighted by molar-refractivity contribution is 5.33. The molecule has 0 N–H and O–H groups in total. The summed E-state index contributed by atoms with van der Waals surface area (Å²) in [7, 11) is 1.97. The van der Waals surface area contributed by atoms with Crippen molar-refractivity contribution < 1.29 is 0 Å². The summed E-state index contributed by atoms with van der Waals surface area (Å²) in [6.45, 7) is 9.60. The van der Waals surface area contributed by atoms with Crippen molar-refractivity contribution >= 4 is 0 Å². The maximum Gasteiger partial charge on any atom is 0.276 e. The lowest BCUT2D eigenvalue weighted by Gasteiger charge is -2.34. The summed E-state index contributed by atoms with van der Waals surface area (Å²) in [5, 5.41) is 0. The van der Waals surface area contributed by atoms with E-state index in [2.05, 4.69) is 18.7 Å². The Morgan fingerprint density at radius 3 is 2.30 bits per heavy atom. The van der Waals surface area contributed by atoms with E-state index in [0.29, 0.717) is 11.8 Å². The van der Waals surface area contributed by atoms with Crippen molar-refractivity contribution in [2.75, 3.05) is 13.1 Å². The monoisotopic (exact) mass is 313 g/mol. The molecule has 0 saturated carbocycles. The van der Waals surface area contributed by atoms with Crippen molar-refractivity contribution in [3.8, 4) is 5.69 Å². The lowest BCUT2D eigenvalue weighted by Crippen LogP contribution is -2.39. The Balaban J connectivity index is 1.94. The predicted molar refractivity (Wildman–Crippen MR) is 94.0 cm³/mol. The molecule has 23 heavy (non-hydrogen) atoms.